The van der Waals surface area contributed by atoms with Gasteiger partial charge in [-0.2, -0.15) is 0 Å². The van der Waals surface area contributed by atoms with E-state index in [1.165, 1.54) is 11.3 Å². The van der Waals surface area contributed by atoms with Gasteiger partial charge < -0.3 is 19.9 Å². The first kappa shape index (κ1) is 18.1. The highest BCUT2D eigenvalue weighted by Gasteiger charge is 2.26. The van der Waals surface area contributed by atoms with Crippen LogP contribution in [-0.2, 0) is 10.2 Å². The number of nitrogens with zero attached hydrogens (tertiary/aromatic N) is 2. The van der Waals surface area contributed by atoms with Gasteiger partial charge in [0.15, 0.2) is 0 Å². The van der Waals surface area contributed by atoms with Gasteiger partial charge in [0, 0.05) is 45.0 Å². The molecule has 0 spiro atoms. The fourth-order valence-corrected chi connectivity index (χ4v) is 3.65. The van der Waals surface area contributed by atoms with Gasteiger partial charge in [0.05, 0.1) is 6.10 Å². The van der Waals surface area contributed by atoms with Crippen LogP contribution in [0.3, 0.4) is 0 Å². The quantitative estimate of drug-likeness (QED) is 0.916. The van der Waals surface area contributed by atoms with Crippen molar-refractivity contribution in [1.82, 2.24) is 10.2 Å². The topological polar surface area (TPSA) is 44.8 Å². The molecule has 1 aromatic carbocycles. The predicted molar refractivity (Wildman–Crippen MR) is 101 cm³/mol. The van der Waals surface area contributed by atoms with E-state index in [1.54, 1.807) is 0 Å². The van der Waals surface area contributed by atoms with Crippen LogP contribution in [0.15, 0.2) is 24.3 Å². The highest BCUT2D eigenvalue weighted by Crippen LogP contribution is 2.32. The lowest BCUT2D eigenvalue weighted by molar-refractivity contribution is 0.108. The van der Waals surface area contributed by atoms with E-state index in [-0.39, 0.29) is 17.6 Å². The van der Waals surface area contributed by atoms with Crippen LogP contribution in [0.5, 0.6) is 0 Å². The molecule has 1 unspecified atom stereocenters. The van der Waals surface area contributed by atoms with Crippen molar-refractivity contribution < 1.29 is 9.53 Å². The van der Waals surface area contributed by atoms with Crippen molar-refractivity contribution in [1.29, 1.82) is 0 Å². The summed E-state index contributed by atoms with van der Waals surface area (Å²) in [6, 6.07) is 8.67. The summed E-state index contributed by atoms with van der Waals surface area (Å²) in [7, 11) is 0. The lowest BCUT2D eigenvalue weighted by Crippen LogP contribution is -2.53. The number of nitrogens with one attached hydrogen (secondary N) is 1. The summed E-state index contributed by atoms with van der Waals surface area (Å²) < 4.78 is 5.57. The number of hydrogen-bond donors (Lipinski definition) is 1. The van der Waals surface area contributed by atoms with E-state index in [1.807, 2.05) is 4.90 Å². The summed E-state index contributed by atoms with van der Waals surface area (Å²) in [5.74, 6) is 0. The molecular formula is C20H31N3O2. The number of carbonyl (C=O) groups is 1. The molecule has 2 fully saturated rings. The number of rotatable bonds is 3. The zero-order valence-corrected chi connectivity index (χ0v) is 15.8. The molecule has 2 amide bonds. The number of amides is 2. The van der Waals surface area contributed by atoms with E-state index in [0.29, 0.717) is 6.54 Å². The van der Waals surface area contributed by atoms with Crippen LogP contribution >= 0.6 is 0 Å². The second kappa shape index (κ2) is 7.65. The van der Waals surface area contributed by atoms with Crippen LogP contribution in [0.25, 0.3) is 0 Å². The zero-order valence-electron chi connectivity index (χ0n) is 15.8. The summed E-state index contributed by atoms with van der Waals surface area (Å²) in [4.78, 5) is 16.7. The van der Waals surface area contributed by atoms with Crippen molar-refractivity contribution in [3.63, 3.8) is 0 Å². The molecular weight excluding hydrogens is 314 g/mol. The highest BCUT2D eigenvalue weighted by atomic mass is 16.5. The maximum absolute atomic E-state index is 12.4. The molecule has 2 saturated heterocycles. The van der Waals surface area contributed by atoms with Crippen molar-refractivity contribution in [2.24, 2.45) is 0 Å². The Morgan fingerprint density at radius 1 is 1.20 bits per heavy atom. The second-order valence-electron chi connectivity index (χ2n) is 8.06. The van der Waals surface area contributed by atoms with Crippen LogP contribution in [0.2, 0.25) is 0 Å². The van der Waals surface area contributed by atoms with E-state index >= 15 is 0 Å². The third-order valence-corrected chi connectivity index (χ3v) is 5.12. The van der Waals surface area contributed by atoms with Crippen LogP contribution in [0, 0.1) is 0 Å². The van der Waals surface area contributed by atoms with E-state index in [2.05, 4.69) is 55.3 Å². The Hall–Kier alpha value is -1.75. The smallest absolute Gasteiger partial charge is 0.317 e. The van der Waals surface area contributed by atoms with Crippen molar-refractivity contribution in [2.45, 2.75) is 45.1 Å². The molecule has 0 bridgehead atoms. The first-order chi connectivity index (χ1) is 11.9. The maximum atomic E-state index is 12.4. The number of ether oxygens (including phenoxy) is 1. The van der Waals surface area contributed by atoms with Crippen molar-refractivity contribution in [3.8, 4) is 0 Å². The van der Waals surface area contributed by atoms with E-state index in [4.69, 9.17) is 4.74 Å². The molecule has 0 saturated carbocycles. The first-order valence-electron chi connectivity index (χ1n) is 9.44. The van der Waals surface area contributed by atoms with Gasteiger partial charge in [0.1, 0.15) is 0 Å². The first-order valence-corrected chi connectivity index (χ1v) is 9.44. The summed E-state index contributed by atoms with van der Waals surface area (Å²) in [5.41, 5.74) is 2.78. The summed E-state index contributed by atoms with van der Waals surface area (Å²) >= 11 is 0. The molecule has 0 aliphatic carbocycles. The molecule has 25 heavy (non-hydrogen) atoms. The SMILES string of the molecule is CC(C)(C)c1ccccc1N1CCN(C(=O)NCC2CCCO2)CC1. The summed E-state index contributed by atoms with van der Waals surface area (Å²) in [5, 5.41) is 3.03. The molecule has 2 aliphatic rings. The molecule has 3 rings (SSSR count). The fraction of sp³-hybridized carbons (Fsp3) is 0.650. The van der Waals surface area contributed by atoms with Crippen LogP contribution in [0.4, 0.5) is 10.5 Å². The lowest BCUT2D eigenvalue weighted by Gasteiger charge is -2.38. The number of carbonyl (C=O) groups excluding carboxylic acids is 1. The number of piperazine rings is 1. The third kappa shape index (κ3) is 4.46. The minimum absolute atomic E-state index is 0.0410. The maximum Gasteiger partial charge on any atom is 0.317 e. The number of benzene rings is 1. The van der Waals surface area contributed by atoms with E-state index < -0.39 is 0 Å². The van der Waals surface area contributed by atoms with Gasteiger partial charge in [0.25, 0.3) is 0 Å². The normalized spacial score (nSPS) is 21.5. The van der Waals surface area contributed by atoms with Crippen LogP contribution in [0.1, 0.15) is 39.2 Å². The average Bonchev–Trinajstić information content (AvgIpc) is 3.13. The summed E-state index contributed by atoms with van der Waals surface area (Å²) in [6.45, 7) is 11.5. The lowest BCUT2D eigenvalue weighted by atomic mass is 9.85. The van der Waals surface area contributed by atoms with Gasteiger partial charge in [0.2, 0.25) is 0 Å². The van der Waals surface area contributed by atoms with E-state index in [0.717, 1.165) is 45.6 Å². The Bertz CT molecular complexity index is 583. The van der Waals surface area contributed by atoms with Crippen LogP contribution < -0.4 is 10.2 Å². The zero-order chi connectivity index (χ0) is 17.9. The van der Waals surface area contributed by atoms with Crippen LogP contribution in [-0.4, -0.2) is 56.4 Å². The minimum Gasteiger partial charge on any atom is -0.376 e. The average molecular weight is 345 g/mol. The number of hydrogen-bond acceptors (Lipinski definition) is 3. The monoisotopic (exact) mass is 345 g/mol. The molecule has 5 heteroatoms. The third-order valence-electron chi connectivity index (χ3n) is 5.12. The van der Waals surface area contributed by atoms with Crippen molar-refractivity contribution >= 4 is 11.7 Å². The molecule has 2 heterocycles. The molecule has 1 N–H and O–H groups in total. The molecule has 2 aliphatic heterocycles. The largest absolute Gasteiger partial charge is 0.376 e. The number of para-hydroxylation sites is 1. The van der Waals surface area contributed by atoms with Gasteiger partial charge in [-0.15, -0.1) is 0 Å². The Morgan fingerprint density at radius 2 is 1.92 bits per heavy atom. The molecule has 0 radical (unpaired) electrons. The Labute approximate surface area is 151 Å². The standard InChI is InChI=1S/C20H31N3O2/c1-20(2,3)17-8-4-5-9-18(17)22-10-12-23(13-11-22)19(24)21-15-16-7-6-14-25-16/h4-5,8-9,16H,6-7,10-15H2,1-3H3,(H,21,24). The Kier molecular flexibility index (Phi) is 5.52. The molecule has 5 nitrogen and oxygen atoms in total. The number of urea groups is 1. The predicted octanol–water partition coefficient (Wildman–Crippen LogP) is 2.99. The van der Waals surface area contributed by atoms with Gasteiger partial charge in [-0.25, -0.2) is 4.79 Å². The molecule has 1 aromatic rings. The molecule has 1 atom stereocenters. The minimum atomic E-state index is 0.0410. The second-order valence-corrected chi connectivity index (χ2v) is 8.06. The van der Waals surface area contributed by atoms with Crippen molar-refractivity contribution in [2.75, 3.05) is 44.2 Å². The Balaban J connectivity index is 1.54. The fourth-order valence-electron chi connectivity index (χ4n) is 3.65. The molecule has 138 valence electrons. The molecule has 0 aromatic heterocycles. The highest BCUT2D eigenvalue weighted by molar-refractivity contribution is 5.74. The van der Waals surface area contributed by atoms with E-state index in [9.17, 15) is 4.79 Å². The number of anilines is 1. The van der Waals surface area contributed by atoms with Gasteiger partial charge in [-0.1, -0.05) is 39.0 Å². The van der Waals surface area contributed by atoms with Gasteiger partial charge >= 0.3 is 6.03 Å². The van der Waals surface area contributed by atoms with Gasteiger partial charge in [-0.05, 0) is 29.9 Å². The van der Waals surface area contributed by atoms with Gasteiger partial charge in [-0.3, -0.25) is 0 Å². The summed E-state index contributed by atoms with van der Waals surface area (Å²) in [6.07, 6.45) is 2.35. The Morgan fingerprint density at radius 3 is 2.56 bits per heavy atom. The van der Waals surface area contributed by atoms with Crippen molar-refractivity contribution in [3.05, 3.63) is 29.8 Å².